The second-order valence-electron chi connectivity index (χ2n) is 8.14. The van der Waals surface area contributed by atoms with Gasteiger partial charge in [0.15, 0.2) is 0 Å². The van der Waals surface area contributed by atoms with Crippen LogP contribution in [-0.2, 0) is 4.79 Å². The van der Waals surface area contributed by atoms with E-state index >= 15 is 0 Å². The molecule has 164 valence electrons. The molecule has 0 saturated heterocycles. The molecule has 3 aliphatic rings. The van der Waals surface area contributed by atoms with Crippen molar-refractivity contribution in [1.82, 2.24) is 10.3 Å². The molecule has 2 aliphatic heterocycles. The van der Waals surface area contributed by atoms with Crippen molar-refractivity contribution in [3.05, 3.63) is 39.1 Å². The maximum atomic E-state index is 11.4. The number of nitrogens with one attached hydrogen (secondary N) is 2. The molecule has 0 amide bonds. The van der Waals surface area contributed by atoms with Crippen LogP contribution in [-0.4, -0.2) is 43.5 Å². The Hall–Kier alpha value is -3.13. The second kappa shape index (κ2) is 7.78. The molecule has 1 aromatic carbocycles. The fourth-order valence-corrected chi connectivity index (χ4v) is 11.7. The van der Waals surface area contributed by atoms with E-state index in [0.29, 0.717) is 18.4 Å². The molecule has 0 spiro atoms. The number of hydrogen-bond donors (Lipinski definition) is 3. The average molecular weight is 542 g/mol. The van der Waals surface area contributed by atoms with Gasteiger partial charge in [-0.2, -0.15) is 0 Å². The van der Waals surface area contributed by atoms with E-state index < -0.39 is 24.2 Å². The number of benzene rings is 1. The molecule has 0 bridgehead atoms. The number of aromatic amines is 1. The summed E-state index contributed by atoms with van der Waals surface area (Å²) in [4.78, 5) is 24.4. The number of aliphatic carboxylic acids is 1. The van der Waals surface area contributed by atoms with Crippen LogP contribution in [0, 0.1) is 23.2 Å². The van der Waals surface area contributed by atoms with Crippen LogP contribution in [0.5, 0.6) is 0 Å². The van der Waals surface area contributed by atoms with Gasteiger partial charge in [0.05, 0.1) is 0 Å². The van der Waals surface area contributed by atoms with Gasteiger partial charge in [-0.3, -0.25) is 0 Å². The topological polar surface area (TPSA) is 126 Å². The number of amidine groups is 1. The second-order valence-corrected chi connectivity index (χ2v) is 14.6. The normalized spacial score (nSPS) is 30.4. The number of rotatable bonds is 3. The number of nitrogens with zero attached hydrogens (tertiary/aromatic N) is 4. The molecule has 8 nitrogen and oxygen atoms in total. The van der Waals surface area contributed by atoms with Crippen molar-refractivity contribution in [2.24, 2.45) is 25.0 Å². The number of carboxylic acids is 1. The zero-order valence-electron chi connectivity index (χ0n) is 17.6. The SMILES string of the molecule is C=I12N=CNC(=NC)C1=C(c1cc3cccc(C#N)c3[nH]1)N=C2C1CCC(C(=O)O)CC1. The first-order valence-electron chi connectivity index (χ1n) is 10.4. The minimum atomic E-state index is -3.29. The van der Waals surface area contributed by atoms with Crippen molar-refractivity contribution in [3.63, 3.8) is 0 Å². The van der Waals surface area contributed by atoms with Crippen molar-refractivity contribution < 1.29 is 9.90 Å². The number of carboxylic acid groups (broad SMARTS) is 1. The first-order chi connectivity index (χ1) is 15.5. The first-order valence-corrected chi connectivity index (χ1v) is 15.1. The Kier molecular flexibility index (Phi) is 5.04. The van der Waals surface area contributed by atoms with Gasteiger partial charge in [-0.15, -0.1) is 0 Å². The Morgan fingerprint density at radius 1 is 1.34 bits per heavy atom. The summed E-state index contributed by atoms with van der Waals surface area (Å²) in [7, 11) is 1.74. The number of halogens is 1. The molecule has 1 aromatic heterocycles. The quantitative estimate of drug-likeness (QED) is 0.506. The van der Waals surface area contributed by atoms with Gasteiger partial charge in [-0.25, -0.2) is 0 Å². The molecular weight excluding hydrogens is 519 g/mol. The summed E-state index contributed by atoms with van der Waals surface area (Å²) in [5.74, 6) is -0.0824. The third kappa shape index (κ3) is 3.12. The maximum absolute atomic E-state index is 11.4. The van der Waals surface area contributed by atoms with Crippen molar-refractivity contribution >= 4 is 61.2 Å². The molecule has 3 N–H and O–H groups in total. The molecule has 2 aromatic rings. The third-order valence-corrected chi connectivity index (χ3v) is 13.3. The van der Waals surface area contributed by atoms with E-state index in [-0.39, 0.29) is 11.8 Å². The van der Waals surface area contributed by atoms with E-state index in [1.807, 2.05) is 18.2 Å². The Balaban J connectivity index is 1.64. The van der Waals surface area contributed by atoms with Crippen LogP contribution in [0.3, 0.4) is 0 Å². The van der Waals surface area contributed by atoms with Crippen molar-refractivity contribution in [2.75, 3.05) is 7.05 Å². The minimum absolute atomic E-state index is 0.180. The van der Waals surface area contributed by atoms with Gasteiger partial charge in [0.1, 0.15) is 0 Å². The Bertz CT molecular complexity index is 1350. The van der Waals surface area contributed by atoms with E-state index in [4.69, 9.17) is 8.20 Å². The van der Waals surface area contributed by atoms with Crippen molar-refractivity contribution in [2.45, 2.75) is 25.7 Å². The molecule has 1 atom stereocenters. The van der Waals surface area contributed by atoms with E-state index in [0.717, 1.165) is 48.3 Å². The first kappa shape index (κ1) is 20.8. The van der Waals surface area contributed by atoms with Gasteiger partial charge in [-0.1, -0.05) is 0 Å². The van der Waals surface area contributed by atoms with Crippen LogP contribution in [0.25, 0.3) is 16.6 Å². The fraction of sp³-hybridized carbons (Fsp3) is 0.304. The molecule has 32 heavy (non-hydrogen) atoms. The number of H-pyrrole nitrogens is 1. The van der Waals surface area contributed by atoms with Crippen molar-refractivity contribution in [1.29, 1.82) is 5.26 Å². The molecule has 0 radical (unpaired) electrons. The van der Waals surface area contributed by atoms with E-state index in [1.165, 1.54) is 0 Å². The molecule has 1 saturated carbocycles. The van der Waals surface area contributed by atoms with Crippen LogP contribution in [0.4, 0.5) is 0 Å². The van der Waals surface area contributed by atoms with Gasteiger partial charge in [0, 0.05) is 0 Å². The zero-order valence-corrected chi connectivity index (χ0v) is 19.8. The number of fused-ring (bicyclic) bond motifs is 2. The molecule has 5 rings (SSSR count). The summed E-state index contributed by atoms with van der Waals surface area (Å²) in [5.41, 5.74) is 2.98. The summed E-state index contributed by atoms with van der Waals surface area (Å²) >= 11 is -3.29. The number of para-hydroxylation sites is 1. The van der Waals surface area contributed by atoms with Crippen LogP contribution < -0.4 is 5.32 Å². The summed E-state index contributed by atoms with van der Waals surface area (Å²) in [6.07, 6.45) is 4.55. The fourth-order valence-electron chi connectivity index (χ4n) is 4.71. The van der Waals surface area contributed by atoms with Gasteiger partial charge in [-0.05, 0) is 0 Å². The van der Waals surface area contributed by atoms with E-state index in [9.17, 15) is 15.2 Å². The summed E-state index contributed by atoms with van der Waals surface area (Å²) in [6.45, 7) is 0. The average Bonchev–Trinajstić information content (AvgIpc) is 3.37. The molecule has 9 heteroatoms. The predicted octanol–water partition coefficient (Wildman–Crippen LogP) is 4.06. The molecule has 1 unspecified atom stereocenters. The van der Waals surface area contributed by atoms with Crippen molar-refractivity contribution in [3.8, 4) is 6.07 Å². The number of aromatic nitrogens is 1. The molecule has 3 heterocycles. The predicted molar refractivity (Wildman–Crippen MR) is 137 cm³/mol. The summed E-state index contributed by atoms with van der Waals surface area (Å²) < 4.78 is 11.5. The Labute approximate surface area is 189 Å². The number of hydrogen-bond acceptors (Lipinski definition) is 5. The third-order valence-electron chi connectivity index (χ3n) is 6.35. The molecule has 1 fully saturated rings. The van der Waals surface area contributed by atoms with Gasteiger partial charge in [0.2, 0.25) is 0 Å². The molecule has 1 aliphatic carbocycles. The number of aliphatic imine (C=N–C) groups is 2. The standard InChI is InChI=1S/C23H23IN6O2/c1-24-18(22(26-2)27-12-28-24)20(17-10-15-4-3-5-16(11-25)19(15)29-17)30-21(24)13-6-8-14(9-7-13)23(31)32/h3-5,10,12-14,29H,1,6-9H2,2H3,(H,31,32)(H,26,27,28). The van der Waals surface area contributed by atoms with E-state index in [1.54, 1.807) is 19.5 Å². The Morgan fingerprint density at radius 3 is 2.81 bits per heavy atom. The monoisotopic (exact) mass is 542 g/mol. The summed E-state index contributed by atoms with van der Waals surface area (Å²) in [6, 6.07) is 9.88. The zero-order chi connectivity index (χ0) is 22.5. The number of carbonyl (C=O) groups is 1. The van der Waals surface area contributed by atoms with Gasteiger partial charge in [0.25, 0.3) is 0 Å². The van der Waals surface area contributed by atoms with Crippen LogP contribution in [0.15, 0.2) is 41.0 Å². The Morgan fingerprint density at radius 2 is 2.12 bits per heavy atom. The van der Waals surface area contributed by atoms with Crippen LogP contribution >= 0.6 is 18.2 Å². The summed E-state index contributed by atoms with van der Waals surface area (Å²) in [5, 5.41) is 23.0. The van der Waals surface area contributed by atoms with Gasteiger partial charge < -0.3 is 0 Å². The van der Waals surface area contributed by atoms with Crippen LogP contribution in [0.2, 0.25) is 0 Å². The molecular formula is C23H23IN6O2. The van der Waals surface area contributed by atoms with E-state index in [2.05, 4.69) is 25.9 Å². The number of nitriles is 1. The van der Waals surface area contributed by atoms with Crippen LogP contribution in [0.1, 0.15) is 36.9 Å². The van der Waals surface area contributed by atoms with Gasteiger partial charge >= 0.3 is 190 Å².